The number of halogens is 1. The van der Waals surface area contributed by atoms with Gasteiger partial charge in [-0.05, 0) is 37.4 Å². The van der Waals surface area contributed by atoms with E-state index in [2.05, 4.69) is 38.2 Å². The van der Waals surface area contributed by atoms with Crippen LogP contribution in [-0.2, 0) is 0 Å². The topological polar surface area (TPSA) is 48.5 Å². The van der Waals surface area contributed by atoms with Gasteiger partial charge in [0.2, 0.25) is 0 Å². The summed E-state index contributed by atoms with van der Waals surface area (Å²) in [5.74, 6) is 0.591. The second-order valence-electron chi connectivity index (χ2n) is 5.25. The van der Waals surface area contributed by atoms with E-state index >= 15 is 0 Å². The Morgan fingerprint density at radius 2 is 1.95 bits per heavy atom. The lowest BCUT2D eigenvalue weighted by Gasteiger charge is -2.32. The predicted molar refractivity (Wildman–Crippen MR) is 87.5 cm³/mol. The molecule has 1 aromatic heterocycles. The average Bonchev–Trinajstić information content (AvgIpc) is 2.48. The molecule has 1 aromatic carbocycles. The van der Waals surface area contributed by atoms with Crippen molar-refractivity contribution in [1.82, 2.24) is 14.8 Å². The standard InChI is InChI=1S/C15H17BrN4O/c1-19-6-8-20(9-7-19)15(21)18-14-5-2-11-10-12(16)3-4-13(11)17-14/h2-5,10H,6-9H2,1H3,(H,17,18,21). The van der Waals surface area contributed by atoms with Crippen LogP contribution < -0.4 is 5.32 Å². The molecule has 0 unspecified atom stereocenters. The molecule has 0 spiro atoms. The first kappa shape index (κ1) is 14.3. The highest BCUT2D eigenvalue weighted by atomic mass is 79.9. The highest BCUT2D eigenvalue weighted by molar-refractivity contribution is 9.10. The Morgan fingerprint density at radius 1 is 1.19 bits per heavy atom. The summed E-state index contributed by atoms with van der Waals surface area (Å²) in [6.45, 7) is 3.32. The van der Waals surface area contributed by atoms with Crippen LogP contribution in [0.2, 0.25) is 0 Å². The zero-order chi connectivity index (χ0) is 14.8. The van der Waals surface area contributed by atoms with Crippen molar-refractivity contribution < 1.29 is 4.79 Å². The first-order valence-electron chi connectivity index (χ1n) is 6.92. The number of pyridine rings is 1. The van der Waals surface area contributed by atoms with Crippen molar-refractivity contribution in [3.05, 3.63) is 34.8 Å². The van der Waals surface area contributed by atoms with E-state index < -0.39 is 0 Å². The number of amides is 2. The van der Waals surface area contributed by atoms with Gasteiger partial charge in [0, 0.05) is 36.0 Å². The minimum Gasteiger partial charge on any atom is -0.322 e. The van der Waals surface area contributed by atoms with E-state index in [0.717, 1.165) is 41.6 Å². The molecule has 0 atom stereocenters. The zero-order valence-electron chi connectivity index (χ0n) is 11.8. The number of nitrogens with one attached hydrogen (secondary N) is 1. The van der Waals surface area contributed by atoms with Crippen LogP contribution in [0.5, 0.6) is 0 Å². The lowest BCUT2D eigenvalue weighted by atomic mass is 10.2. The summed E-state index contributed by atoms with van der Waals surface area (Å²) >= 11 is 3.44. The van der Waals surface area contributed by atoms with Gasteiger partial charge in [0.25, 0.3) is 0 Å². The van der Waals surface area contributed by atoms with Crippen molar-refractivity contribution >= 4 is 38.7 Å². The van der Waals surface area contributed by atoms with E-state index in [4.69, 9.17) is 0 Å². The molecule has 3 rings (SSSR count). The molecule has 5 nitrogen and oxygen atoms in total. The van der Waals surface area contributed by atoms with Crippen LogP contribution >= 0.6 is 15.9 Å². The summed E-state index contributed by atoms with van der Waals surface area (Å²) in [7, 11) is 2.07. The van der Waals surface area contributed by atoms with Gasteiger partial charge in [-0.1, -0.05) is 15.9 Å². The fraction of sp³-hybridized carbons (Fsp3) is 0.333. The van der Waals surface area contributed by atoms with Crippen LogP contribution in [0.4, 0.5) is 10.6 Å². The lowest BCUT2D eigenvalue weighted by molar-refractivity contribution is 0.164. The fourth-order valence-corrected chi connectivity index (χ4v) is 2.74. The number of hydrogen-bond acceptors (Lipinski definition) is 3. The number of anilines is 1. The van der Waals surface area contributed by atoms with E-state index in [9.17, 15) is 4.79 Å². The molecule has 2 amide bonds. The van der Waals surface area contributed by atoms with E-state index in [-0.39, 0.29) is 6.03 Å². The van der Waals surface area contributed by atoms with Crippen LogP contribution in [0.15, 0.2) is 34.8 Å². The van der Waals surface area contributed by atoms with Crippen LogP contribution in [0.1, 0.15) is 0 Å². The van der Waals surface area contributed by atoms with Crippen LogP contribution in [0, 0.1) is 0 Å². The summed E-state index contributed by atoms with van der Waals surface area (Å²) < 4.78 is 1.02. The first-order chi connectivity index (χ1) is 10.1. The third-order valence-corrected chi connectivity index (χ3v) is 4.17. The second kappa shape index (κ2) is 5.99. The fourth-order valence-electron chi connectivity index (χ4n) is 2.36. The third-order valence-electron chi connectivity index (χ3n) is 3.68. The number of benzene rings is 1. The smallest absolute Gasteiger partial charge is 0.322 e. The Labute approximate surface area is 132 Å². The maximum absolute atomic E-state index is 12.2. The number of likely N-dealkylation sites (N-methyl/N-ethyl adjacent to an activating group) is 1. The Balaban J connectivity index is 1.72. The average molecular weight is 349 g/mol. The summed E-state index contributed by atoms with van der Waals surface area (Å²) in [6.07, 6.45) is 0. The van der Waals surface area contributed by atoms with Gasteiger partial charge >= 0.3 is 6.03 Å². The Bertz CT molecular complexity index is 668. The van der Waals surface area contributed by atoms with Crippen molar-refractivity contribution in [1.29, 1.82) is 0 Å². The molecule has 1 fully saturated rings. The molecule has 1 aliphatic heterocycles. The van der Waals surface area contributed by atoms with Crippen molar-refractivity contribution in [3.63, 3.8) is 0 Å². The van der Waals surface area contributed by atoms with Crippen LogP contribution in [0.3, 0.4) is 0 Å². The van der Waals surface area contributed by atoms with Gasteiger partial charge in [-0.15, -0.1) is 0 Å². The van der Waals surface area contributed by atoms with Gasteiger partial charge < -0.3 is 9.80 Å². The zero-order valence-corrected chi connectivity index (χ0v) is 13.4. The number of carbonyl (C=O) groups is 1. The van der Waals surface area contributed by atoms with Crippen molar-refractivity contribution in [2.75, 3.05) is 38.5 Å². The van der Waals surface area contributed by atoms with Gasteiger partial charge in [0.15, 0.2) is 0 Å². The minimum atomic E-state index is -0.0768. The highest BCUT2D eigenvalue weighted by Crippen LogP contribution is 2.20. The Hall–Kier alpha value is -1.66. The van der Waals surface area contributed by atoms with Gasteiger partial charge in [0.1, 0.15) is 5.82 Å². The Morgan fingerprint density at radius 3 is 2.71 bits per heavy atom. The van der Waals surface area contributed by atoms with E-state index in [1.807, 2.05) is 35.2 Å². The normalized spacial score (nSPS) is 16.2. The molecule has 110 valence electrons. The van der Waals surface area contributed by atoms with Gasteiger partial charge in [-0.3, -0.25) is 5.32 Å². The number of hydrogen-bond donors (Lipinski definition) is 1. The number of carbonyl (C=O) groups excluding carboxylic acids is 1. The maximum Gasteiger partial charge on any atom is 0.323 e. The number of urea groups is 1. The van der Waals surface area contributed by atoms with Gasteiger partial charge in [-0.2, -0.15) is 0 Å². The van der Waals surface area contributed by atoms with Gasteiger partial charge in [0.05, 0.1) is 5.52 Å². The monoisotopic (exact) mass is 348 g/mol. The molecule has 0 saturated carbocycles. The van der Waals surface area contributed by atoms with Crippen LogP contribution in [0.25, 0.3) is 10.9 Å². The maximum atomic E-state index is 12.2. The van der Waals surface area contributed by atoms with E-state index in [0.29, 0.717) is 5.82 Å². The largest absolute Gasteiger partial charge is 0.323 e. The highest BCUT2D eigenvalue weighted by Gasteiger charge is 2.19. The molecule has 0 radical (unpaired) electrons. The molecule has 1 saturated heterocycles. The van der Waals surface area contributed by atoms with Crippen molar-refractivity contribution in [2.45, 2.75) is 0 Å². The summed E-state index contributed by atoms with van der Waals surface area (Å²) in [5.41, 5.74) is 0.870. The van der Waals surface area contributed by atoms with Crippen molar-refractivity contribution in [2.24, 2.45) is 0 Å². The molecular formula is C15H17BrN4O. The number of aromatic nitrogens is 1. The number of rotatable bonds is 1. The first-order valence-corrected chi connectivity index (χ1v) is 7.72. The third kappa shape index (κ3) is 3.33. The summed E-state index contributed by atoms with van der Waals surface area (Å²) in [5, 5.41) is 3.92. The predicted octanol–water partition coefficient (Wildman–Crippen LogP) is 2.78. The number of piperazine rings is 1. The van der Waals surface area contributed by atoms with E-state index in [1.54, 1.807) is 0 Å². The lowest BCUT2D eigenvalue weighted by Crippen LogP contribution is -2.48. The second-order valence-corrected chi connectivity index (χ2v) is 6.17. The van der Waals surface area contributed by atoms with E-state index in [1.165, 1.54) is 0 Å². The molecule has 2 aromatic rings. The molecule has 0 aliphatic carbocycles. The molecule has 2 heterocycles. The molecule has 6 heteroatoms. The SMILES string of the molecule is CN1CCN(C(=O)Nc2ccc3cc(Br)ccc3n2)CC1. The molecule has 1 N–H and O–H groups in total. The Kier molecular flexibility index (Phi) is 4.07. The molecular weight excluding hydrogens is 332 g/mol. The molecule has 1 aliphatic rings. The summed E-state index contributed by atoms with van der Waals surface area (Å²) in [6, 6.07) is 9.61. The van der Waals surface area contributed by atoms with Gasteiger partial charge in [-0.25, -0.2) is 9.78 Å². The molecule has 21 heavy (non-hydrogen) atoms. The quantitative estimate of drug-likeness (QED) is 0.861. The molecule has 0 bridgehead atoms. The van der Waals surface area contributed by atoms with Crippen LogP contribution in [-0.4, -0.2) is 54.0 Å². The number of nitrogens with zero attached hydrogens (tertiary/aromatic N) is 3. The van der Waals surface area contributed by atoms with Crippen molar-refractivity contribution in [3.8, 4) is 0 Å². The number of fused-ring (bicyclic) bond motifs is 1. The summed E-state index contributed by atoms with van der Waals surface area (Å²) in [4.78, 5) is 20.7. The minimum absolute atomic E-state index is 0.0768.